The first kappa shape index (κ1) is 54.5. The molecule has 4 aromatic rings. The molecule has 1 saturated carbocycles. The molecule has 18 heteroatoms. The molecule has 392 valence electrons. The van der Waals surface area contributed by atoms with E-state index in [-0.39, 0.29) is 54.2 Å². The Balaban J connectivity index is 0.740. The highest BCUT2D eigenvalue weighted by Gasteiger charge is 2.45. The van der Waals surface area contributed by atoms with Crippen molar-refractivity contribution in [3.8, 4) is 16.9 Å². The molecular formula is C55H69N5O13. The number of carbonyl (C=O) groups is 5. The summed E-state index contributed by atoms with van der Waals surface area (Å²) in [6.07, 6.45) is 1.89. The van der Waals surface area contributed by atoms with Gasteiger partial charge in [0, 0.05) is 73.5 Å². The van der Waals surface area contributed by atoms with E-state index in [0.717, 1.165) is 57.9 Å². The predicted molar refractivity (Wildman–Crippen MR) is 274 cm³/mol. The van der Waals surface area contributed by atoms with Crippen LogP contribution in [0.5, 0.6) is 5.75 Å². The van der Waals surface area contributed by atoms with Crippen molar-refractivity contribution < 1.29 is 57.1 Å². The molecule has 3 aliphatic rings. The van der Waals surface area contributed by atoms with Crippen LogP contribution in [-0.4, -0.2) is 150 Å². The van der Waals surface area contributed by atoms with E-state index in [9.17, 15) is 28.8 Å². The Morgan fingerprint density at radius 1 is 0.753 bits per heavy atom. The van der Waals surface area contributed by atoms with Crippen molar-refractivity contribution in [3.05, 3.63) is 110 Å². The third-order valence-electron chi connectivity index (χ3n) is 13.3. The van der Waals surface area contributed by atoms with E-state index in [1.54, 1.807) is 18.2 Å². The fraction of sp³-hybridized carbons (Fsp3) is 0.491. The lowest BCUT2D eigenvalue weighted by Gasteiger charge is -2.37. The number of nitrogens with one attached hydrogen (secondary N) is 3. The fourth-order valence-corrected chi connectivity index (χ4v) is 9.45. The number of rotatable bonds is 28. The van der Waals surface area contributed by atoms with E-state index in [1.165, 1.54) is 0 Å². The number of pyridine rings is 1. The molecule has 0 radical (unpaired) electrons. The molecule has 3 heterocycles. The molecule has 2 fully saturated rings. The number of aryl methyl sites for hydroxylation is 2. The quantitative estimate of drug-likeness (QED) is 0.0351. The van der Waals surface area contributed by atoms with Crippen LogP contribution >= 0.6 is 0 Å². The Hall–Kier alpha value is -6.28. The minimum atomic E-state index is -0.913. The Morgan fingerprint density at radius 2 is 1.40 bits per heavy atom. The van der Waals surface area contributed by atoms with Crippen LogP contribution in [0.2, 0.25) is 0 Å². The van der Waals surface area contributed by atoms with Crippen LogP contribution < -0.4 is 25.8 Å². The molecule has 3 N–H and O–H groups in total. The number of carbonyl (C=O) groups excluding carboxylic acids is 5. The maximum absolute atomic E-state index is 13.9. The first-order valence-electron chi connectivity index (χ1n) is 25.3. The van der Waals surface area contributed by atoms with Gasteiger partial charge in [0.05, 0.1) is 89.7 Å². The van der Waals surface area contributed by atoms with Gasteiger partial charge >= 0.3 is 0 Å². The maximum Gasteiger partial charge on any atom is 0.264 e. The number of nitrogens with zero attached hydrogens (tertiary/aromatic N) is 2. The lowest BCUT2D eigenvalue weighted by Crippen LogP contribution is -2.47. The third-order valence-corrected chi connectivity index (χ3v) is 13.3. The van der Waals surface area contributed by atoms with E-state index >= 15 is 0 Å². The molecule has 0 spiro atoms. The van der Waals surface area contributed by atoms with Crippen LogP contribution in [0, 0.1) is 20.8 Å². The molecule has 2 aliphatic heterocycles. The zero-order valence-electron chi connectivity index (χ0n) is 42.5. The number of hydrogen-bond donors (Lipinski definition) is 3. The van der Waals surface area contributed by atoms with Crippen molar-refractivity contribution in [2.24, 2.45) is 0 Å². The number of aromatic nitrogens is 1. The number of hydrogen-bond acceptors (Lipinski definition) is 15. The fourth-order valence-electron chi connectivity index (χ4n) is 9.45. The normalized spacial score (nSPS) is 16.0. The molecule has 7 rings (SSSR count). The number of amides is 3. The van der Waals surface area contributed by atoms with Gasteiger partial charge in [0.15, 0.2) is 5.78 Å². The van der Waals surface area contributed by atoms with Crippen LogP contribution in [0.1, 0.15) is 92.5 Å². The third kappa shape index (κ3) is 14.5. The van der Waals surface area contributed by atoms with Gasteiger partial charge in [-0.15, -0.1) is 0 Å². The Morgan fingerprint density at radius 3 is 2.03 bits per heavy atom. The van der Waals surface area contributed by atoms with Crippen LogP contribution in [0.15, 0.2) is 65.5 Å². The summed E-state index contributed by atoms with van der Waals surface area (Å²) in [7, 11) is 0. The molecule has 1 aliphatic carbocycles. The molecule has 3 amide bonds. The van der Waals surface area contributed by atoms with Crippen LogP contribution in [0.25, 0.3) is 11.1 Å². The highest BCUT2D eigenvalue weighted by atomic mass is 16.6. The van der Waals surface area contributed by atoms with Crippen molar-refractivity contribution in [1.82, 2.24) is 15.2 Å². The summed E-state index contributed by atoms with van der Waals surface area (Å²) in [4.78, 5) is 83.3. The maximum atomic E-state index is 13.9. The Labute approximate surface area is 426 Å². The predicted octanol–water partition coefficient (Wildman–Crippen LogP) is 5.76. The molecule has 1 saturated heterocycles. The molecule has 0 bridgehead atoms. The average molecular weight is 1010 g/mol. The van der Waals surface area contributed by atoms with Gasteiger partial charge in [-0.25, -0.2) is 0 Å². The minimum Gasteiger partial charge on any atom is -0.491 e. The number of imide groups is 1. The van der Waals surface area contributed by atoms with E-state index in [4.69, 9.17) is 33.2 Å². The first-order chi connectivity index (χ1) is 35.4. The van der Waals surface area contributed by atoms with Crippen LogP contribution in [0.3, 0.4) is 0 Å². The number of Topliss-reactive ketones (excluding diaryl/α,β-unsaturated/α-hetero) is 2. The lowest BCUT2D eigenvalue weighted by atomic mass is 9.92. The van der Waals surface area contributed by atoms with Gasteiger partial charge in [0.25, 0.3) is 23.3 Å². The second-order valence-corrected chi connectivity index (χ2v) is 18.2. The molecule has 1 aromatic heterocycles. The zero-order chi connectivity index (χ0) is 51.7. The molecular weight excluding hydrogens is 939 g/mol. The number of H-pyrrole nitrogens is 1. The second-order valence-electron chi connectivity index (χ2n) is 18.2. The molecule has 18 nitrogen and oxygen atoms in total. The number of aromatic amines is 1. The van der Waals surface area contributed by atoms with Gasteiger partial charge in [-0.05, 0) is 112 Å². The van der Waals surface area contributed by atoms with Gasteiger partial charge in [-0.2, -0.15) is 0 Å². The van der Waals surface area contributed by atoms with Crippen LogP contribution in [-0.2, 0) is 44.6 Å². The van der Waals surface area contributed by atoms with Crippen molar-refractivity contribution >= 4 is 40.7 Å². The van der Waals surface area contributed by atoms with Crippen molar-refractivity contribution in [1.29, 1.82) is 0 Å². The number of anilines is 2. The highest BCUT2D eigenvalue weighted by molar-refractivity contribution is 6.25. The number of ketones is 2. The molecule has 1 atom stereocenters. The van der Waals surface area contributed by atoms with Gasteiger partial charge < -0.3 is 53.7 Å². The summed E-state index contributed by atoms with van der Waals surface area (Å²) >= 11 is 0. The first-order valence-corrected chi connectivity index (χ1v) is 25.3. The molecule has 1 unspecified atom stereocenters. The van der Waals surface area contributed by atoms with Gasteiger partial charge in [0.1, 0.15) is 18.1 Å². The zero-order valence-corrected chi connectivity index (χ0v) is 42.5. The van der Waals surface area contributed by atoms with E-state index < -0.39 is 23.6 Å². The van der Waals surface area contributed by atoms with E-state index in [2.05, 4.69) is 33.5 Å². The Kier molecular flexibility index (Phi) is 20.3. The van der Waals surface area contributed by atoms with Gasteiger partial charge in [0.2, 0.25) is 0 Å². The highest BCUT2D eigenvalue weighted by Crippen LogP contribution is 2.36. The summed E-state index contributed by atoms with van der Waals surface area (Å²) in [6, 6.07) is 18.1. The smallest absolute Gasteiger partial charge is 0.264 e. The van der Waals surface area contributed by atoms with Crippen molar-refractivity contribution in [2.45, 2.75) is 78.4 Å². The minimum absolute atomic E-state index is 0.119. The lowest BCUT2D eigenvalue weighted by molar-refractivity contribution is -0.132. The summed E-state index contributed by atoms with van der Waals surface area (Å²) in [5, 5.41) is 6.18. The van der Waals surface area contributed by atoms with Crippen molar-refractivity contribution in [3.63, 3.8) is 0 Å². The molecule has 3 aromatic carbocycles. The van der Waals surface area contributed by atoms with E-state index in [1.807, 2.05) is 57.2 Å². The van der Waals surface area contributed by atoms with Gasteiger partial charge in [-0.3, -0.25) is 33.7 Å². The average Bonchev–Trinajstić information content (AvgIpc) is 3.63. The summed E-state index contributed by atoms with van der Waals surface area (Å²) in [5.41, 5.74) is 7.19. The summed E-state index contributed by atoms with van der Waals surface area (Å²) < 4.78 is 39.8. The second kappa shape index (κ2) is 27.1. The number of ether oxygens (including phenoxy) is 7. The number of benzene rings is 3. The SMILES string of the molecule is CCN(c1cc(-c2ccc(OCCOCCOCCOCCOCCOCCNc3cccc4c3C(=O)N(C3CCC(=O)CC3=O)C4=O)cc2)cc(C(=O)NCc2c(C)cc(C)[nH]c2=O)c1C)C1CCOCC1. The van der Waals surface area contributed by atoms with E-state index in [0.29, 0.717) is 121 Å². The number of fused-ring (bicyclic) bond motifs is 1. The monoisotopic (exact) mass is 1010 g/mol. The molecule has 73 heavy (non-hydrogen) atoms. The largest absolute Gasteiger partial charge is 0.491 e. The summed E-state index contributed by atoms with van der Waals surface area (Å²) in [6.45, 7) is 14.8. The standard InChI is InChI=1S/C55H69N5O13/c1-5-59(41-15-18-67-19-16-41)49-33-40(32-45(38(49)4)52(63)57-35-46-36(2)31-37(3)58-53(46)64)39-9-12-43(13-10-39)73-30-29-72-28-27-71-26-25-70-24-23-69-22-21-68-20-17-56-47-8-6-7-44-51(47)55(66)60(54(44)65)48-14-11-42(61)34-50(48)62/h6-10,12-13,31-33,41,48,56H,5,11,14-30,34-35H2,1-4H3,(H,57,63)(H,58,64). The van der Waals surface area contributed by atoms with Gasteiger partial charge in [-0.1, -0.05) is 18.2 Å². The summed E-state index contributed by atoms with van der Waals surface area (Å²) in [5.74, 6) is -1.16. The topological polar surface area (TPSA) is 213 Å². The van der Waals surface area contributed by atoms with Crippen LogP contribution in [0.4, 0.5) is 11.4 Å². The Bertz CT molecular complexity index is 2610. The van der Waals surface area contributed by atoms with Crippen molar-refractivity contribution in [2.75, 3.05) is 109 Å².